The Balaban J connectivity index is 2.24. The van der Waals surface area contributed by atoms with Gasteiger partial charge >= 0.3 is 5.97 Å². The van der Waals surface area contributed by atoms with E-state index in [2.05, 4.69) is 20.7 Å². The third kappa shape index (κ3) is 2.52. The van der Waals surface area contributed by atoms with Crippen molar-refractivity contribution in [1.29, 1.82) is 0 Å². The molecule has 1 heterocycles. The van der Waals surface area contributed by atoms with Crippen molar-refractivity contribution in [3.63, 3.8) is 0 Å². The maximum atomic E-state index is 11.9. The van der Waals surface area contributed by atoms with E-state index in [1.807, 2.05) is 0 Å². The molecule has 1 amide bonds. The highest BCUT2D eigenvalue weighted by Gasteiger charge is 2.36. The summed E-state index contributed by atoms with van der Waals surface area (Å²) >= 11 is 9.40. The van der Waals surface area contributed by atoms with Gasteiger partial charge in [0.15, 0.2) is 0 Å². The largest absolute Gasteiger partial charge is 0.469 e. The Morgan fingerprint density at radius 3 is 2.89 bits per heavy atom. The maximum absolute atomic E-state index is 11.9. The predicted molar refractivity (Wildman–Crippen MR) is 71.6 cm³/mol. The van der Waals surface area contributed by atoms with Crippen molar-refractivity contribution in [2.75, 3.05) is 18.6 Å². The Labute approximate surface area is 118 Å². The second-order valence-corrected chi connectivity index (χ2v) is 5.35. The summed E-state index contributed by atoms with van der Waals surface area (Å²) in [4.78, 5) is 24.8. The molecule has 0 aromatic heterocycles. The molecule has 0 unspecified atom stereocenters. The average molecular weight is 333 g/mol. The topological polar surface area (TPSA) is 46.6 Å². The van der Waals surface area contributed by atoms with E-state index in [0.29, 0.717) is 17.3 Å². The fourth-order valence-electron chi connectivity index (χ4n) is 1.97. The maximum Gasteiger partial charge on any atom is 0.311 e. The van der Waals surface area contributed by atoms with Gasteiger partial charge in [0.05, 0.1) is 23.7 Å². The van der Waals surface area contributed by atoms with Gasteiger partial charge in [-0.3, -0.25) is 9.59 Å². The SMILES string of the molecule is COC(=O)[C@H]1CC(=O)N(c2ccc(Br)cc2Cl)C1. The van der Waals surface area contributed by atoms with E-state index in [9.17, 15) is 9.59 Å². The summed E-state index contributed by atoms with van der Waals surface area (Å²) in [6, 6.07) is 5.28. The molecule has 4 nitrogen and oxygen atoms in total. The second kappa shape index (κ2) is 5.28. The van der Waals surface area contributed by atoms with E-state index in [4.69, 9.17) is 11.6 Å². The van der Waals surface area contributed by atoms with Crippen LogP contribution in [0.2, 0.25) is 5.02 Å². The smallest absolute Gasteiger partial charge is 0.311 e. The number of rotatable bonds is 2. The number of hydrogen-bond donors (Lipinski definition) is 0. The third-order valence-corrected chi connectivity index (χ3v) is 3.66. The first-order valence-electron chi connectivity index (χ1n) is 5.36. The standard InChI is InChI=1S/C12H11BrClNO3/c1-18-12(17)7-4-11(16)15(6-7)10-3-2-8(13)5-9(10)14/h2-3,5,7H,4,6H2,1H3/t7-/m0/s1. The van der Waals surface area contributed by atoms with Crippen molar-refractivity contribution < 1.29 is 14.3 Å². The number of ether oxygens (including phenoxy) is 1. The summed E-state index contributed by atoms with van der Waals surface area (Å²) in [5.41, 5.74) is 0.622. The molecule has 1 atom stereocenters. The molecule has 2 rings (SSSR count). The number of halogens is 2. The number of carbonyl (C=O) groups excluding carboxylic acids is 2. The van der Waals surface area contributed by atoms with Crippen molar-refractivity contribution in [3.05, 3.63) is 27.7 Å². The van der Waals surface area contributed by atoms with E-state index in [1.54, 1.807) is 18.2 Å². The van der Waals surface area contributed by atoms with Crippen LogP contribution in [0.5, 0.6) is 0 Å². The Hall–Kier alpha value is -1.07. The van der Waals surface area contributed by atoms with Crippen LogP contribution in [0.3, 0.4) is 0 Å². The van der Waals surface area contributed by atoms with Gasteiger partial charge in [-0.05, 0) is 18.2 Å². The number of amides is 1. The first kappa shape index (κ1) is 13.4. The average Bonchev–Trinajstić information content (AvgIpc) is 2.70. The first-order valence-corrected chi connectivity index (χ1v) is 6.53. The zero-order valence-corrected chi connectivity index (χ0v) is 12.0. The summed E-state index contributed by atoms with van der Waals surface area (Å²) < 4.78 is 5.50. The number of esters is 1. The van der Waals surface area contributed by atoms with Gasteiger partial charge in [0, 0.05) is 17.4 Å². The molecule has 0 saturated carbocycles. The van der Waals surface area contributed by atoms with Crippen LogP contribution in [0.15, 0.2) is 22.7 Å². The fraction of sp³-hybridized carbons (Fsp3) is 0.333. The molecule has 18 heavy (non-hydrogen) atoms. The number of anilines is 1. The molecular weight excluding hydrogens is 321 g/mol. The molecule has 0 aliphatic carbocycles. The molecule has 0 radical (unpaired) electrons. The lowest BCUT2D eigenvalue weighted by Crippen LogP contribution is -2.26. The van der Waals surface area contributed by atoms with Gasteiger partial charge in [0.2, 0.25) is 5.91 Å². The van der Waals surface area contributed by atoms with Crippen molar-refractivity contribution in [3.8, 4) is 0 Å². The number of nitrogens with zero attached hydrogens (tertiary/aromatic N) is 1. The lowest BCUT2D eigenvalue weighted by molar-refractivity contribution is -0.145. The molecule has 96 valence electrons. The van der Waals surface area contributed by atoms with Gasteiger partial charge in [-0.1, -0.05) is 27.5 Å². The Morgan fingerprint density at radius 2 is 2.28 bits per heavy atom. The quantitative estimate of drug-likeness (QED) is 0.782. The van der Waals surface area contributed by atoms with Crippen LogP contribution in [0.4, 0.5) is 5.69 Å². The lowest BCUT2D eigenvalue weighted by atomic mass is 10.1. The lowest BCUT2D eigenvalue weighted by Gasteiger charge is -2.18. The van der Waals surface area contributed by atoms with Crippen molar-refractivity contribution in [2.24, 2.45) is 5.92 Å². The number of benzene rings is 1. The molecule has 0 N–H and O–H groups in total. The number of hydrogen-bond acceptors (Lipinski definition) is 3. The van der Waals surface area contributed by atoms with Crippen molar-refractivity contribution in [2.45, 2.75) is 6.42 Å². The molecule has 1 aromatic carbocycles. The molecule has 1 fully saturated rings. The van der Waals surface area contributed by atoms with E-state index < -0.39 is 5.92 Å². The molecule has 1 saturated heterocycles. The van der Waals surface area contributed by atoms with Crippen LogP contribution in [0.25, 0.3) is 0 Å². The summed E-state index contributed by atoms with van der Waals surface area (Å²) in [7, 11) is 1.32. The van der Waals surface area contributed by atoms with Gasteiger partial charge in [-0.2, -0.15) is 0 Å². The minimum absolute atomic E-state index is 0.116. The van der Waals surface area contributed by atoms with Crippen LogP contribution < -0.4 is 4.90 Å². The zero-order valence-electron chi connectivity index (χ0n) is 9.65. The summed E-state index contributed by atoms with van der Waals surface area (Å²) in [5.74, 6) is -0.893. The van der Waals surface area contributed by atoms with Crippen LogP contribution >= 0.6 is 27.5 Å². The van der Waals surface area contributed by atoms with Crippen LogP contribution in [0.1, 0.15) is 6.42 Å². The monoisotopic (exact) mass is 331 g/mol. The summed E-state index contributed by atoms with van der Waals surface area (Å²) in [6.07, 6.45) is 0.166. The Bertz CT molecular complexity index is 506. The molecular formula is C12H11BrClNO3. The van der Waals surface area contributed by atoms with Gasteiger partial charge in [-0.15, -0.1) is 0 Å². The highest BCUT2D eigenvalue weighted by molar-refractivity contribution is 9.10. The molecule has 1 aliphatic rings. The molecule has 0 spiro atoms. The molecule has 6 heteroatoms. The van der Waals surface area contributed by atoms with Gasteiger partial charge in [-0.25, -0.2) is 0 Å². The number of methoxy groups -OCH3 is 1. The van der Waals surface area contributed by atoms with Crippen molar-refractivity contribution in [1.82, 2.24) is 0 Å². The Kier molecular flexibility index (Phi) is 3.92. The van der Waals surface area contributed by atoms with Crippen molar-refractivity contribution >= 4 is 45.1 Å². The van der Waals surface area contributed by atoms with Gasteiger partial charge < -0.3 is 9.64 Å². The van der Waals surface area contributed by atoms with Crippen LogP contribution in [-0.4, -0.2) is 25.5 Å². The zero-order chi connectivity index (χ0) is 13.3. The van der Waals surface area contributed by atoms with Gasteiger partial charge in [0.25, 0.3) is 0 Å². The Morgan fingerprint density at radius 1 is 1.56 bits per heavy atom. The third-order valence-electron chi connectivity index (χ3n) is 2.86. The highest BCUT2D eigenvalue weighted by Crippen LogP contribution is 2.33. The van der Waals surface area contributed by atoms with E-state index in [1.165, 1.54) is 12.0 Å². The van der Waals surface area contributed by atoms with E-state index in [0.717, 1.165) is 4.47 Å². The predicted octanol–water partition coefficient (Wildman–Crippen LogP) is 2.63. The minimum atomic E-state index is -0.415. The first-order chi connectivity index (χ1) is 8.52. The van der Waals surface area contributed by atoms with Crippen LogP contribution in [-0.2, 0) is 14.3 Å². The van der Waals surface area contributed by atoms with E-state index in [-0.39, 0.29) is 18.3 Å². The number of carbonyl (C=O) groups is 2. The normalized spacial score (nSPS) is 19.2. The molecule has 0 bridgehead atoms. The van der Waals surface area contributed by atoms with Gasteiger partial charge in [0.1, 0.15) is 0 Å². The highest BCUT2D eigenvalue weighted by atomic mass is 79.9. The minimum Gasteiger partial charge on any atom is -0.469 e. The summed E-state index contributed by atoms with van der Waals surface area (Å²) in [6.45, 7) is 0.312. The molecule has 1 aliphatic heterocycles. The van der Waals surface area contributed by atoms with Crippen LogP contribution in [0, 0.1) is 5.92 Å². The summed E-state index contributed by atoms with van der Waals surface area (Å²) in [5, 5.41) is 0.475. The molecule has 1 aromatic rings. The van der Waals surface area contributed by atoms with E-state index >= 15 is 0 Å². The second-order valence-electron chi connectivity index (χ2n) is 4.02. The fourth-order valence-corrected chi connectivity index (χ4v) is 2.74.